The van der Waals surface area contributed by atoms with Gasteiger partial charge in [-0.2, -0.15) is 0 Å². The monoisotopic (exact) mass is 243 g/mol. The maximum atomic E-state index is 13.4. The molecule has 5 nitrogen and oxygen atoms in total. The SMILES string of the molecule is COc1c(F)ccc(C(N)CC(=O)O)c1OC. The van der Waals surface area contributed by atoms with Crippen molar-refractivity contribution < 1.29 is 23.8 Å². The standard InChI is InChI=1S/C11H14FNO4/c1-16-10-6(8(13)5-9(14)15)3-4-7(12)11(10)17-2/h3-4,8H,5,13H2,1-2H3,(H,14,15). The van der Waals surface area contributed by atoms with E-state index in [1.54, 1.807) is 0 Å². The van der Waals surface area contributed by atoms with Gasteiger partial charge in [0.2, 0.25) is 0 Å². The Labute approximate surface area is 97.9 Å². The topological polar surface area (TPSA) is 81.8 Å². The highest BCUT2D eigenvalue weighted by Gasteiger charge is 2.21. The van der Waals surface area contributed by atoms with E-state index in [9.17, 15) is 9.18 Å². The van der Waals surface area contributed by atoms with Gasteiger partial charge >= 0.3 is 5.97 Å². The van der Waals surface area contributed by atoms with Crippen molar-refractivity contribution in [1.29, 1.82) is 0 Å². The van der Waals surface area contributed by atoms with E-state index in [0.717, 1.165) is 0 Å². The van der Waals surface area contributed by atoms with Crippen LogP contribution >= 0.6 is 0 Å². The number of carboxylic acids is 1. The van der Waals surface area contributed by atoms with Crippen molar-refractivity contribution in [2.75, 3.05) is 14.2 Å². The summed E-state index contributed by atoms with van der Waals surface area (Å²) in [6, 6.07) is 1.78. The molecule has 0 aromatic heterocycles. The fourth-order valence-electron chi connectivity index (χ4n) is 1.54. The smallest absolute Gasteiger partial charge is 0.305 e. The van der Waals surface area contributed by atoms with Gasteiger partial charge in [-0.3, -0.25) is 4.79 Å². The molecule has 0 aliphatic heterocycles. The lowest BCUT2D eigenvalue weighted by molar-refractivity contribution is -0.137. The third kappa shape index (κ3) is 2.85. The first kappa shape index (κ1) is 13.2. The first-order valence-electron chi connectivity index (χ1n) is 4.89. The number of rotatable bonds is 5. The number of nitrogens with two attached hydrogens (primary N) is 1. The number of benzene rings is 1. The summed E-state index contributed by atoms with van der Waals surface area (Å²) in [6.45, 7) is 0. The number of hydrogen-bond acceptors (Lipinski definition) is 4. The van der Waals surface area contributed by atoms with Crippen molar-refractivity contribution in [2.45, 2.75) is 12.5 Å². The largest absolute Gasteiger partial charge is 0.492 e. The van der Waals surface area contributed by atoms with Gasteiger partial charge in [0, 0.05) is 11.6 Å². The zero-order valence-corrected chi connectivity index (χ0v) is 9.57. The van der Waals surface area contributed by atoms with E-state index < -0.39 is 17.8 Å². The molecule has 94 valence electrons. The van der Waals surface area contributed by atoms with Crippen LogP contribution in [0.5, 0.6) is 11.5 Å². The summed E-state index contributed by atoms with van der Waals surface area (Å²) in [5, 5.41) is 8.66. The number of methoxy groups -OCH3 is 2. The van der Waals surface area contributed by atoms with E-state index in [2.05, 4.69) is 0 Å². The molecule has 0 saturated heterocycles. The van der Waals surface area contributed by atoms with Gasteiger partial charge in [-0.05, 0) is 6.07 Å². The average molecular weight is 243 g/mol. The summed E-state index contributed by atoms with van der Waals surface area (Å²) in [7, 11) is 2.64. The molecule has 17 heavy (non-hydrogen) atoms. The van der Waals surface area contributed by atoms with Crippen molar-refractivity contribution in [3.8, 4) is 11.5 Å². The molecule has 0 spiro atoms. The molecule has 1 aromatic rings. The summed E-state index contributed by atoms with van der Waals surface area (Å²) in [5.74, 6) is -1.58. The van der Waals surface area contributed by atoms with Crippen LogP contribution in [0.2, 0.25) is 0 Å². The van der Waals surface area contributed by atoms with Crippen molar-refractivity contribution in [1.82, 2.24) is 0 Å². The molecule has 0 radical (unpaired) electrons. The number of hydrogen-bond donors (Lipinski definition) is 2. The lowest BCUT2D eigenvalue weighted by atomic mass is 10.0. The minimum atomic E-state index is -1.04. The van der Waals surface area contributed by atoms with Crippen LogP contribution in [0.4, 0.5) is 4.39 Å². The predicted octanol–water partition coefficient (Wildman–Crippen LogP) is 1.32. The number of carboxylic acid groups (broad SMARTS) is 1. The fourth-order valence-corrected chi connectivity index (χ4v) is 1.54. The van der Waals surface area contributed by atoms with Gasteiger partial charge < -0.3 is 20.3 Å². The van der Waals surface area contributed by atoms with Crippen LogP contribution in [0.25, 0.3) is 0 Å². The highest BCUT2D eigenvalue weighted by Crippen LogP contribution is 2.37. The second-order valence-electron chi connectivity index (χ2n) is 3.41. The van der Waals surface area contributed by atoms with Crippen molar-refractivity contribution in [2.24, 2.45) is 5.73 Å². The van der Waals surface area contributed by atoms with Gasteiger partial charge in [0.15, 0.2) is 17.3 Å². The first-order chi connectivity index (χ1) is 8.01. The molecule has 1 atom stereocenters. The van der Waals surface area contributed by atoms with E-state index in [-0.39, 0.29) is 17.9 Å². The summed E-state index contributed by atoms with van der Waals surface area (Å²) < 4.78 is 23.3. The highest BCUT2D eigenvalue weighted by molar-refractivity contribution is 5.68. The van der Waals surface area contributed by atoms with Gasteiger partial charge in [0.25, 0.3) is 0 Å². The molecular formula is C11H14FNO4. The molecule has 0 amide bonds. The molecule has 0 bridgehead atoms. The molecule has 0 aliphatic rings. The fraction of sp³-hybridized carbons (Fsp3) is 0.364. The quantitative estimate of drug-likeness (QED) is 0.815. The minimum Gasteiger partial charge on any atom is -0.492 e. The second kappa shape index (κ2) is 5.49. The van der Waals surface area contributed by atoms with E-state index in [1.165, 1.54) is 26.4 Å². The normalized spacial score (nSPS) is 12.0. The van der Waals surface area contributed by atoms with Crippen LogP contribution in [-0.2, 0) is 4.79 Å². The van der Waals surface area contributed by atoms with Gasteiger partial charge in [0.05, 0.1) is 20.6 Å². The Bertz CT molecular complexity index is 422. The molecule has 1 aromatic carbocycles. The molecule has 3 N–H and O–H groups in total. The van der Waals surface area contributed by atoms with Gasteiger partial charge in [-0.15, -0.1) is 0 Å². The lowest BCUT2D eigenvalue weighted by Crippen LogP contribution is -2.16. The molecule has 0 fully saturated rings. The molecule has 1 unspecified atom stereocenters. The number of aliphatic carboxylic acids is 1. The Hall–Kier alpha value is -1.82. The molecule has 0 heterocycles. The first-order valence-corrected chi connectivity index (χ1v) is 4.89. The Morgan fingerprint density at radius 3 is 2.47 bits per heavy atom. The van der Waals surface area contributed by atoms with Crippen LogP contribution in [0.3, 0.4) is 0 Å². The average Bonchev–Trinajstić information content (AvgIpc) is 2.27. The van der Waals surface area contributed by atoms with Crippen LogP contribution in [-0.4, -0.2) is 25.3 Å². The minimum absolute atomic E-state index is 0.0779. The van der Waals surface area contributed by atoms with E-state index in [4.69, 9.17) is 20.3 Å². The maximum Gasteiger partial charge on any atom is 0.305 e. The van der Waals surface area contributed by atoms with Crippen molar-refractivity contribution in [3.63, 3.8) is 0 Å². The summed E-state index contributed by atoms with van der Waals surface area (Å²) in [4.78, 5) is 10.6. The Morgan fingerprint density at radius 1 is 1.41 bits per heavy atom. The molecule has 0 aliphatic carbocycles. The van der Waals surface area contributed by atoms with Crippen LogP contribution in [0.15, 0.2) is 12.1 Å². The molecule has 6 heteroatoms. The second-order valence-corrected chi connectivity index (χ2v) is 3.41. The summed E-state index contributed by atoms with van der Waals surface area (Å²) >= 11 is 0. The van der Waals surface area contributed by atoms with Gasteiger partial charge in [0.1, 0.15) is 0 Å². The van der Waals surface area contributed by atoms with Crippen LogP contribution in [0, 0.1) is 5.82 Å². The van der Waals surface area contributed by atoms with Gasteiger partial charge in [-0.25, -0.2) is 4.39 Å². The Morgan fingerprint density at radius 2 is 2.00 bits per heavy atom. The van der Waals surface area contributed by atoms with Gasteiger partial charge in [-0.1, -0.05) is 6.07 Å². The number of halogens is 1. The Balaban J connectivity index is 3.19. The van der Waals surface area contributed by atoms with E-state index in [0.29, 0.717) is 5.56 Å². The summed E-state index contributed by atoms with van der Waals surface area (Å²) in [5.41, 5.74) is 6.10. The molecule has 0 saturated carbocycles. The van der Waals surface area contributed by atoms with E-state index >= 15 is 0 Å². The summed E-state index contributed by atoms with van der Waals surface area (Å²) in [6.07, 6.45) is -0.273. The predicted molar refractivity (Wildman–Crippen MR) is 58.7 cm³/mol. The zero-order chi connectivity index (χ0) is 13.0. The third-order valence-corrected chi connectivity index (χ3v) is 2.30. The maximum absolute atomic E-state index is 13.4. The van der Waals surface area contributed by atoms with Crippen LogP contribution < -0.4 is 15.2 Å². The van der Waals surface area contributed by atoms with E-state index in [1.807, 2.05) is 0 Å². The van der Waals surface area contributed by atoms with Crippen molar-refractivity contribution >= 4 is 5.97 Å². The number of ether oxygens (including phenoxy) is 2. The number of carbonyl (C=O) groups is 1. The van der Waals surface area contributed by atoms with Crippen molar-refractivity contribution in [3.05, 3.63) is 23.5 Å². The Kier molecular flexibility index (Phi) is 4.28. The highest BCUT2D eigenvalue weighted by atomic mass is 19.1. The molecular weight excluding hydrogens is 229 g/mol. The lowest BCUT2D eigenvalue weighted by Gasteiger charge is -2.17. The third-order valence-electron chi connectivity index (χ3n) is 2.30. The van der Waals surface area contributed by atoms with Crippen LogP contribution in [0.1, 0.15) is 18.0 Å². The molecule has 1 rings (SSSR count). The zero-order valence-electron chi connectivity index (χ0n) is 9.57.